The predicted molar refractivity (Wildman–Crippen MR) is 82.0 cm³/mol. The van der Waals surface area contributed by atoms with Gasteiger partial charge in [0, 0.05) is 10.4 Å². The Morgan fingerprint density at radius 2 is 2.20 bits per heavy atom. The number of rotatable bonds is 4. The molecule has 2 aromatic rings. The first kappa shape index (κ1) is 15.0. The lowest BCUT2D eigenvalue weighted by atomic mass is 10.1. The number of amides is 1. The maximum atomic E-state index is 12.1. The highest BCUT2D eigenvalue weighted by Crippen LogP contribution is 2.19. The zero-order valence-corrected chi connectivity index (χ0v) is 12.8. The third kappa shape index (κ3) is 3.56. The Hall–Kier alpha value is -1.43. The fraction of sp³-hybridized carbons (Fsp3) is 0.286. The third-order valence-electron chi connectivity index (χ3n) is 2.84. The predicted octanol–water partition coefficient (Wildman–Crippen LogP) is 3.31. The van der Waals surface area contributed by atoms with Crippen molar-refractivity contribution < 1.29 is 4.79 Å². The average molecular weight is 310 g/mol. The monoisotopic (exact) mass is 309 g/mol. The van der Waals surface area contributed by atoms with Crippen LogP contribution in [0, 0.1) is 0 Å². The standard InChI is InChI=1S/C14H16ClN3OS/c1-8(16)14-18-12(7-20-14)13(19)17-9(2)10-4-3-5-11(15)6-10/h3-9H,16H2,1-2H3,(H,17,19). The topological polar surface area (TPSA) is 68.0 Å². The van der Waals surface area contributed by atoms with Gasteiger partial charge in [-0.25, -0.2) is 4.98 Å². The molecule has 1 heterocycles. The van der Waals surface area contributed by atoms with Gasteiger partial charge in [0.15, 0.2) is 0 Å². The molecule has 106 valence electrons. The van der Waals surface area contributed by atoms with Crippen molar-refractivity contribution in [1.29, 1.82) is 0 Å². The second kappa shape index (κ2) is 6.35. The number of carbonyl (C=O) groups is 1. The second-order valence-electron chi connectivity index (χ2n) is 4.61. The molecule has 6 heteroatoms. The van der Waals surface area contributed by atoms with Gasteiger partial charge >= 0.3 is 0 Å². The molecule has 0 spiro atoms. The van der Waals surface area contributed by atoms with Crippen molar-refractivity contribution in [3.05, 3.63) is 50.9 Å². The fourth-order valence-corrected chi connectivity index (χ4v) is 2.69. The molecule has 20 heavy (non-hydrogen) atoms. The van der Waals surface area contributed by atoms with Crippen LogP contribution in [0.3, 0.4) is 0 Å². The van der Waals surface area contributed by atoms with Crippen LogP contribution in [0.1, 0.15) is 47.0 Å². The number of carbonyl (C=O) groups excluding carboxylic acids is 1. The highest BCUT2D eigenvalue weighted by atomic mass is 35.5. The molecule has 0 aliphatic heterocycles. The Morgan fingerprint density at radius 3 is 2.80 bits per heavy atom. The van der Waals surface area contributed by atoms with E-state index in [-0.39, 0.29) is 18.0 Å². The van der Waals surface area contributed by atoms with E-state index >= 15 is 0 Å². The minimum atomic E-state index is -0.208. The Kier molecular flexibility index (Phi) is 4.75. The van der Waals surface area contributed by atoms with Gasteiger partial charge in [-0.1, -0.05) is 23.7 Å². The van der Waals surface area contributed by atoms with Gasteiger partial charge in [-0.3, -0.25) is 4.79 Å². The van der Waals surface area contributed by atoms with Crippen LogP contribution < -0.4 is 11.1 Å². The lowest BCUT2D eigenvalue weighted by molar-refractivity contribution is 0.0935. The third-order valence-corrected chi connectivity index (χ3v) is 4.12. The van der Waals surface area contributed by atoms with Crippen LogP contribution in [0.25, 0.3) is 0 Å². The van der Waals surface area contributed by atoms with Crippen LogP contribution in [0.2, 0.25) is 5.02 Å². The summed E-state index contributed by atoms with van der Waals surface area (Å²) in [5.74, 6) is -0.208. The van der Waals surface area contributed by atoms with Crippen LogP contribution >= 0.6 is 22.9 Å². The summed E-state index contributed by atoms with van der Waals surface area (Å²) in [4.78, 5) is 16.3. The number of thiazole rings is 1. The molecule has 0 aliphatic carbocycles. The van der Waals surface area contributed by atoms with E-state index in [1.165, 1.54) is 11.3 Å². The van der Waals surface area contributed by atoms with Crippen molar-refractivity contribution in [1.82, 2.24) is 10.3 Å². The number of halogens is 1. The molecule has 1 aromatic heterocycles. The molecule has 0 saturated carbocycles. The van der Waals surface area contributed by atoms with Crippen molar-refractivity contribution in [2.24, 2.45) is 5.73 Å². The summed E-state index contributed by atoms with van der Waals surface area (Å²) >= 11 is 7.34. The lowest BCUT2D eigenvalue weighted by Gasteiger charge is -2.13. The number of nitrogens with two attached hydrogens (primary N) is 1. The summed E-state index contributed by atoms with van der Waals surface area (Å²) < 4.78 is 0. The summed E-state index contributed by atoms with van der Waals surface area (Å²) in [5, 5.41) is 6.02. The van der Waals surface area contributed by atoms with E-state index in [1.54, 1.807) is 11.4 Å². The van der Waals surface area contributed by atoms with Crippen molar-refractivity contribution >= 4 is 28.8 Å². The van der Waals surface area contributed by atoms with Gasteiger partial charge in [0.05, 0.1) is 12.1 Å². The summed E-state index contributed by atoms with van der Waals surface area (Å²) in [5.41, 5.74) is 7.09. The quantitative estimate of drug-likeness (QED) is 0.910. The number of hydrogen-bond donors (Lipinski definition) is 2. The Balaban J connectivity index is 2.07. The summed E-state index contributed by atoms with van der Waals surface area (Å²) in [6, 6.07) is 7.12. The van der Waals surface area contributed by atoms with Crippen molar-refractivity contribution in [2.45, 2.75) is 25.9 Å². The molecular formula is C14H16ClN3OS. The number of aromatic nitrogens is 1. The zero-order valence-electron chi connectivity index (χ0n) is 11.3. The van der Waals surface area contributed by atoms with Crippen molar-refractivity contribution in [2.75, 3.05) is 0 Å². The van der Waals surface area contributed by atoms with Crippen LogP contribution in [0.5, 0.6) is 0 Å². The van der Waals surface area contributed by atoms with Gasteiger partial charge in [0.2, 0.25) is 0 Å². The summed E-state index contributed by atoms with van der Waals surface area (Å²) in [7, 11) is 0. The molecule has 0 bridgehead atoms. The van der Waals surface area contributed by atoms with E-state index in [2.05, 4.69) is 10.3 Å². The summed E-state index contributed by atoms with van der Waals surface area (Å²) in [6.07, 6.45) is 0. The molecule has 1 amide bonds. The molecule has 4 nitrogen and oxygen atoms in total. The van der Waals surface area contributed by atoms with E-state index < -0.39 is 0 Å². The maximum absolute atomic E-state index is 12.1. The number of nitrogens with one attached hydrogen (secondary N) is 1. The van der Waals surface area contributed by atoms with Crippen LogP contribution in [0.15, 0.2) is 29.6 Å². The molecule has 2 unspecified atom stereocenters. The van der Waals surface area contributed by atoms with E-state index in [0.29, 0.717) is 10.7 Å². The first-order valence-electron chi connectivity index (χ1n) is 6.24. The SMILES string of the molecule is CC(N)c1nc(C(=O)NC(C)c2cccc(Cl)c2)cs1. The summed E-state index contributed by atoms with van der Waals surface area (Å²) in [6.45, 7) is 3.75. The minimum absolute atomic E-state index is 0.137. The molecule has 0 aliphatic rings. The first-order valence-corrected chi connectivity index (χ1v) is 7.50. The van der Waals surface area contributed by atoms with Gasteiger partial charge in [-0.05, 0) is 31.5 Å². The van der Waals surface area contributed by atoms with E-state index in [1.807, 2.05) is 32.0 Å². The maximum Gasteiger partial charge on any atom is 0.271 e. The Labute approximate surface area is 127 Å². The van der Waals surface area contributed by atoms with Gasteiger partial charge in [0.1, 0.15) is 10.7 Å². The Bertz CT molecular complexity index is 612. The van der Waals surface area contributed by atoms with Crippen molar-refractivity contribution in [3.63, 3.8) is 0 Å². The number of benzene rings is 1. The van der Waals surface area contributed by atoms with Crippen LogP contribution in [-0.2, 0) is 0 Å². The van der Waals surface area contributed by atoms with Crippen LogP contribution in [-0.4, -0.2) is 10.9 Å². The number of hydrogen-bond acceptors (Lipinski definition) is 4. The molecule has 1 aromatic carbocycles. The second-order valence-corrected chi connectivity index (χ2v) is 5.94. The molecule has 2 rings (SSSR count). The van der Waals surface area contributed by atoms with Crippen LogP contribution in [0.4, 0.5) is 0 Å². The highest BCUT2D eigenvalue weighted by Gasteiger charge is 2.15. The van der Waals surface area contributed by atoms with Gasteiger partial charge < -0.3 is 11.1 Å². The first-order chi connectivity index (χ1) is 9.47. The molecule has 3 N–H and O–H groups in total. The lowest BCUT2D eigenvalue weighted by Crippen LogP contribution is -2.27. The normalized spacial score (nSPS) is 13.8. The fourth-order valence-electron chi connectivity index (χ4n) is 1.73. The van der Waals surface area contributed by atoms with E-state index in [0.717, 1.165) is 10.6 Å². The largest absolute Gasteiger partial charge is 0.344 e. The van der Waals surface area contributed by atoms with Gasteiger partial charge in [0.25, 0.3) is 5.91 Å². The zero-order chi connectivity index (χ0) is 14.7. The van der Waals surface area contributed by atoms with Gasteiger partial charge in [-0.2, -0.15) is 0 Å². The highest BCUT2D eigenvalue weighted by molar-refractivity contribution is 7.09. The molecule has 0 saturated heterocycles. The smallest absolute Gasteiger partial charge is 0.271 e. The average Bonchev–Trinajstić information content (AvgIpc) is 2.88. The molecule has 0 radical (unpaired) electrons. The Morgan fingerprint density at radius 1 is 1.45 bits per heavy atom. The van der Waals surface area contributed by atoms with E-state index in [9.17, 15) is 4.79 Å². The minimum Gasteiger partial charge on any atom is -0.344 e. The molecule has 0 fully saturated rings. The van der Waals surface area contributed by atoms with Crippen molar-refractivity contribution in [3.8, 4) is 0 Å². The molecular weight excluding hydrogens is 294 g/mol. The number of nitrogens with zero attached hydrogens (tertiary/aromatic N) is 1. The van der Waals surface area contributed by atoms with E-state index in [4.69, 9.17) is 17.3 Å². The molecule has 2 atom stereocenters. The van der Waals surface area contributed by atoms with Gasteiger partial charge in [-0.15, -0.1) is 11.3 Å².